The van der Waals surface area contributed by atoms with Gasteiger partial charge in [0, 0.05) is 6.07 Å². The van der Waals surface area contributed by atoms with Crippen molar-refractivity contribution in [3.63, 3.8) is 0 Å². The minimum Gasteiger partial charge on any atom is -0.258 e. The van der Waals surface area contributed by atoms with Gasteiger partial charge in [-0.15, -0.1) is 0 Å². The minimum absolute atomic E-state index is 0.0264. The third-order valence-corrected chi connectivity index (χ3v) is 2.28. The fourth-order valence-corrected chi connectivity index (χ4v) is 1.47. The van der Waals surface area contributed by atoms with E-state index in [2.05, 4.69) is 20.9 Å². The van der Waals surface area contributed by atoms with Gasteiger partial charge >= 0.3 is 11.9 Å². The second-order valence-corrected chi connectivity index (χ2v) is 3.54. The third kappa shape index (κ3) is 2.87. The van der Waals surface area contributed by atoms with E-state index in [1.807, 2.05) is 0 Å². The summed E-state index contributed by atoms with van der Waals surface area (Å²) in [6.45, 7) is 0. The normalized spacial score (nSPS) is 11.9. The molecule has 0 N–H and O–H groups in total. The predicted octanol–water partition coefficient (Wildman–Crippen LogP) is 3.71. The summed E-state index contributed by atoms with van der Waals surface area (Å²) in [4.78, 5) is 12.1. The Labute approximate surface area is 98.7 Å². The topological polar surface area (TPSA) is 56.0 Å². The monoisotopic (exact) mass is 320 g/mol. The smallest absolute Gasteiger partial charge is 0.258 e. The van der Waals surface area contributed by atoms with E-state index in [0.29, 0.717) is 0 Å². The average Bonchev–Trinajstić information content (AvgIpc) is 2.14. The molecule has 0 bridgehead atoms. The molecule has 1 heterocycles. The van der Waals surface area contributed by atoms with Crippen molar-refractivity contribution >= 4 is 21.6 Å². The van der Waals surface area contributed by atoms with Crippen LogP contribution in [0.1, 0.15) is 17.7 Å². The van der Waals surface area contributed by atoms with E-state index in [0.717, 1.165) is 0 Å². The molecular formula is C7H2BrF5N2O2. The Balaban J connectivity index is 3.54. The Bertz CT molecular complexity index is 462. The third-order valence-electron chi connectivity index (χ3n) is 1.70. The van der Waals surface area contributed by atoms with Crippen LogP contribution in [0.5, 0.6) is 0 Å². The van der Waals surface area contributed by atoms with Crippen LogP contribution in [-0.2, 0) is 6.18 Å². The standard InChI is InChI=1S/C7H2BrF5N2O2/c8-5-3(15(16)17)1-2(7(11,12)13)4(14-5)6(9)10/h1,6H. The van der Waals surface area contributed by atoms with Gasteiger partial charge in [0.15, 0.2) is 4.60 Å². The molecule has 0 saturated carbocycles. The van der Waals surface area contributed by atoms with Gasteiger partial charge in [-0.25, -0.2) is 13.8 Å². The average molecular weight is 321 g/mol. The van der Waals surface area contributed by atoms with Gasteiger partial charge in [-0.05, 0) is 15.9 Å². The molecule has 4 nitrogen and oxygen atoms in total. The Hall–Kier alpha value is -1.32. The predicted molar refractivity (Wildman–Crippen MR) is 48.6 cm³/mol. The summed E-state index contributed by atoms with van der Waals surface area (Å²) >= 11 is 2.46. The zero-order valence-corrected chi connectivity index (χ0v) is 9.22. The molecule has 0 aliphatic heterocycles. The number of nitro groups is 1. The minimum atomic E-state index is -5.13. The van der Waals surface area contributed by atoms with Crippen LogP contribution in [0.25, 0.3) is 0 Å². The molecule has 0 radical (unpaired) electrons. The molecule has 94 valence electrons. The van der Waals surface area contributed by atoms with E-state index < -0.39 is 39.1 Å². The van der Waals surface area contributed by atoms with Crippen LogP contribution in [0, 0.1) is 10.1 Å². The van der Waals surface area contributed by atoms with Gasteiger partial charge < -0.3 is 0 Å². The number of hydrogen-bond acceptors (Lipinski definition) is 3. The van der Waals surface area contributed by atoms with Crippen LogP contribution in [0.15, 0.2) is 10.7 Å². The Kier molecular flexibility index (Phi) is 3.65. The second kappa shape index (κ2) is 4.51. The highest BCUT2D eigenvalue weighted by molar-refractivity contribution is 9.10. The Morgan fingerprint density at radius 3 is 2.29 bits per heavy atom. The van der Waals surface area contributed by atoms with Crippen molar-refractivity contribution in [3.8, 4) is 0 Å². The fourth-order valence-electron chi connectivity index (χ4n) is 1.01. The van der Waals surface area contributed by atoms with Crippen molar-refractivity contribution < 1.29 is 26.9 Å². The van der Waals surface area contributed by atoms with E-state index in [4.69, 9.17) is 0 Å². The lowest BCUT2D eigenvalue weighted by molar-refractivity contribution is -0.386. The van der Waals surface area contributed by atoms with Gasteiger partial charge in [-0.2, -0.15) is 13.2 Å². The lowest BCUT2D eigenvalue weighted by Gasteiger charge is -2.11. The van der Waals surface area contributed by atoms with Crippen molar-refractivity contribution in [2.45, 2.75) is 12.6 Å². The zero-order valence-electron chi connectivity index (χ0n) is 7.63. The molecule has 0 aromatic carbocycles. The lowest BCUT2D eigenvalue weighted by atomic mass is 10.2. The summed E-state index contributed by atoms with van der Waals surface area (Å²) in [5.41, 5.74) is -4.39. The maximum atomic E-state index is 12.4. The van der Waals surface area contributed by atoms with Crippen molar-refractivity contribution in [2.75, 3.05) is 0 Å². The molecule has 0 aliphatic rings. The molecular weight excluding hydrogens is 319 g/mol. The molecule has 17 heavy (non-hydrogen) atoms. The number of halogens is 6. The van der Waals surface area contributed by atoms with Gasteiger partial charge in [0.1, 0.15) is 5.69 Å². The highest BCUT2D eigenvalue weighted by Crippen LogP contribution is 2.39. The Morgan fingerprint density at radius 1 is 1.41 bits per heavy atom. The molecule has 1 aromatic heterocycles. The largest absolute Gasteiger partial charge is 0.418 e. The number of hydrogen-bond donors (Lipinski definition) is 0. The first-order chi connectivity index (χ1) is 7.64. The number of alkyl halides is 5. The molecule has 0 fully saturated rings. The quantitative estimate of drug-likeness (QED) is 0.361. The van der Waals surface area contributed by atoms with E-state index >= 15 is 0 Å². The van der Waals surface area contributed by atoms with Crippen LogP contribution in [-0.4, -0.2) is 9.91 Å². The van der Waals surface area contributed by atoms with Gasteiger partial charge in [-0.1, -0.05) is 0 Å². The first kappa shape index (κ1) is 13.7. The molecule has 1 rings (SSSR count). The first-order valence-corrected chi connectivity index (χ1v) is 4.64. The number of pyridine rings is 1. The van der Waals surface area contributed by atoms with Crippen molar-refractivity contribution in [1.82, 2.24) is 4.98 Å². The molecule has 0 amide bonds. The number of rotatable bonds is 2. The van der Waals surface area contributed by atoms with E-state index in [9.17, 15) is 32.1 Å². The van der Waals surface area contributed by atoms with Crippen LogP contribution in [0.2, 0.25) is 0 Å². The molecule has 1 aromatic rings. The fraction of sp³-hybridized carbons (Fsp3) is 0.286. The van der Waals surface area contributed by atoms with Gasteiger partial charge in [0.2, 0.25) is 0 Å². The van der Waals surface area contributed by atoms with E-state index in [1.54, 1.807) is 0 Å². The highest BCUT2D eigenvalue weighted by atomic mass is 79.9. The van der Waals surface area contributed by atoms with Crippen LogP contribution < -0.4 is 0 Å². The Morgan fingerprint density at radius 2 is 1.94 bits per heavy atom. The summed E-state index contributed by atoms with van der Waals surface area (Å²) in [6, 6.07) is 0.0264. The summed E-state index contributed by atoms with van der Waals surface area (Å²) in [6.07, 6.45) is -8.62. The van der Waals surface area contributed by atoms with Gasteiger partial charge in [-0.3, -0.25) is 10.1 Å². The first-order valence-electron chi connectivity index (χ1n) is 3.84. The number of nitrogens with zero attached hydrogens (tertiary/aromatic N) is 2. The van der Waals surface area contributed by atoms with Crippen LogP contribution in [0.3, 0.4) is 0 Å². The number of aromatic nitrogens is 1. The molecule has 0 spiro atoms. The zero-order chi connectivity index (χ0) is 13.4. The maximum absolute atomic E-state index is 12.4. The van der Waals surface area contributed by atoms with Gasteiger partial charge in [0.05, 0.1) is 10.5 Å². The molecule has 0 unspecified atom stereocenters. The summed E-state index contributed by atoms with van der Waals surface area (Å²) in [5, 5.41) is 10.4. The molecule has 0 atom stereocenters. The maximum Gasteiger partial charge on any atom is 0.418 e. The van der Waals surface area contributed by atoms with E-state index in [1.165, 1.54) is 0 Å². The molecule has 0 saturated heterocycles. The highest BCUT2D eigenvalue weighted by Gasteiger charge is 2.39. The van der Waals surface area contributed by atoms with E-state index in [-0.39, 0.29) is 6.07 Å². The molecule has 0 aliphatic carbocycles. The summed E-state index contributed by atoms with van der Waals surface area (Å²) in [5.74, 6) is 0. The van der Waals surface area contributed by atoms with Crippen molar-refractivity contribution in [2.24, 2.45) is 0 Å². The van der Waals surface area contributed by atoms with Crippen molar-refractivity contribution in [1.29, 1.82) is 0 Å². The summed E-state index contributed by atoms with van der Waals surface area (Å²) < 4.78 is 61.1. The second-order valence-electron chi connectivity index (χ2n) is 2.79. The lowest BCUT2D eigenvalue weighted by Crippen LogP contribution is -2.12. The van der Waals surface area contributed by atoms with Crippen LogP contribution >= 0.6 is 15.9 Å². The summed E-state index contributed by atoms with van der Waals surface area (Å²) in [7, 11) is 0. The van der Waals surface area contributed by atoms with Crippen LogP contribution in [0.4, 0.5) is 27.6 Å². The SMILES string of the molecule is O=[N+]([O-])c1cc(C(F)(F)F)c(C(F)F)nc1Br. The molecule has 10 heteroatoms. The van der Waals surface area contributed by atoms with Gasteiger partial charge in [0.25, 0.3) is 6.43 Å². The van der Waals surface area contributed by atoms with Crippen molar-refractivity contribution in [3.05, 3.63) is 32.0 Å².